The number of amides is 1. The van der Waals surface area contributed by atoms with Crippen molar-refractivity contribution in [3.8, 4) is 11.5 Å². The van der Waals surface area contributed by atoms with Crippen molar-refractivity contribution in [1.29, 1.82) is 0 Å². The Labute approximate surface area is 147 Å². The average Bonchev–Trinajstić information content (AvgIpc) is 3.07. The largest absolute Gasteiger partial charge is 0.493 e. The maximum atomic E-state index is 12.7. The molecule has 1 atom stereocenters. The fourth-order valence-electron chi connectivity index (χ4n) is 3.54. The van der Waals surface area contributed by atoms with Crippen LogP contribution >= 0.6 is 0 Å². The van der Waals surface area contributed by atoms with Gasteiger partial charge in [0.15, 0.2) is 0 Å². The van der Waals surface area contributed by atoms with Gasteiger partial charge in [0.2, 0.25) is 0 Å². The summed E-state index contributed by atoms with van der Waals surface area (Å²) < 4.78 is 11.7. The molecule has 0 aliphatic carbocycles. The Hall–Kier alpha value is -2.75. The normalized spacial score (nSPS) is 19.8. The molecule has 0 bridgehead atoms. The summed E-state index contributed by atoms with van der Waals surface area (Å²) in [5, 5.41) is 0. The van der Waals surface area contributed by atoms with Crippen LogP contribution in [0.25, 0.3) is 11.6 Å². The number of anilines is 1. The van der Waals surface area contributed by atoms with Crippen molar-refractivity contribution in [2.45, 2.75) is 26.4 Å². The smallest absolute Gasteiger partial charge is 0.258 e. The van der Waals surface area contributed by atoms with Crippen molar-refractivity contribution < 1.29 is 14.3 Å². The van der Waals surface area contributed by atoms with E-state index in [2.05, 4.69) is 6.92 Å². The quantitative estimate of drug-likeness (QED) is 0.798. The SMILES string of the molecule is CCOc1cc2c(cc1/C=C1\C(=O)N(C)c3ccccc31)OC(C)C2. The lowest BCUT2D eigenvalue weighted by atomic mass is 10.0. The molecule has 0 radical (unpaired) electrons. The molecule has 2 aliphatic rings. The van der Waals surface area contributed by atoms with Crippen LogP contribution in [0.2, 0.25) is 0 Å². The molecule has 0 saturated carbocycles. The number of carbonyl (C=O) groups excluding carboxylic acids is 1. The third-order valence-electron chi connectivity index (χ3n) is 4.72. The number of fused-ring (bicyclic) bond motifs is 2. The number of para-hydroxylation sites is 1. The van der Waals surface area contributed by atoms with Crippen LogP contribution in [0.1, 0.15) is 30.5 Å². The number of rotatable bonds is 3. The molecule has 2 aromatic carbocycles. The molecule has 2 heterocycles. The van der Waals surface area contributed by atoms with Gasteiger partial charge in [-0.25, -0.2) is 0 Å². The summed E-state index contributed by atoms with van der Waals surface area (Å²) in [6, 6.07) is 11.9. The molecule has 4 heteroatoms. The van der Waals surface area contributed by atoms with E-state index in [1.807, 2.05) is 49.4 Å². The molecule has 0 saturated heterocycles. The highest BCUT2D eigenvalue weighted by Crippen LogP contribution is 2.40. The van der Waals surface area contributed by atoms with Gasteiger partial charge in [-0.05, 0) is 38.1 Å². The topological polar surface area (TPSA) is 38.8 Å². The predicted octanol–water partition coefficient (Wildman–Crippen LogP) is 3.93. The molecule has 2 aromatic rings. The second-order valence-electron chi connectivity index (χ2n) is 6.50. The maximum absolute atomic E-state index is 12.7. The van der Waals surface area contributed by atoms with Crippen molar-refractivity contribution >= 4 is 23.2 Å². The molecule has 128 valence electrons. The summed E-state index contributed by atoms with van der Waals surface area (Å²) in [6.45, 7) is 4.60. The van der Waals surface area contributed by atoms with Crippen LogP contribution in [0.3, 0.4) is 0 Å². The molecule has 2 aliphatic heterocycles. The number of carbonyl (C=O) groups is 1. The van der Waals surface area contributed by atoms with Gasteiger partial charge < -0.3 is 14.4 Å². The summed E-state index contributed by atoms with van der Waals surface area (Å²) in [6.07, 6.45) is 2.98. The molecule has 0 aromatic heterocycles. The van der Waals surface area contributed by atoms with Crippen LogP contribution in [-0.4, -0.2) is 25.7 Å². The van der Waals surface area contributed by atoms with Crippen LogP contribution in [0.15, 0.2) is 36.4 Å². The first-order chi connectivity index (χ1) is 12.1. The lowest BCUT2D eigenvalue weighted by Gasteiger charge is -2.11. The van der Waals surface area contributed by atoms with Crippen LogP contribution in [-0.2, 0) is 11.2 Å². The van der Waals surface area contributed by atoms with Crippen molar-refractivity contribution in [2.75, 3.05) is 18.6 Å². The van der Waals surface area contributed by atoms with Crippen LogP contribution in [0.5, 0.6) is 11.5 Å². The fraction of sp³-hybridized carbons (Fsp3) is 0.286. The van der Waals surface area contributed by atoms with E-state index in [1.54, 1.807) is 11.9 Å². The van der Waals surface area contributed by atoms with Crippen LogP contribution in [0.4, 0.5) is 5.69 Å². The Balaban J connectivity index is 1.84. The van der Waals surface area contributed by atoms with Crippen molar-refractivity contribution in [1.82, 2.24) is 0 Å². The minimum absolute atomic E-state index is 0.00145. The monoisotopic (exact) mass is 335 g/mol. The lowest BCUT2D eigenvalue weighted by molar-refractivity contribution is -0.112. The zero-order valence-corrected chi connectivity index (χ0v) is 14.7. The van der Waals surface area contributed by atoms with E-state index in [4.69, 9.17) is 9.47 Å². The summed E-state index contributed by atoms with van der Waals surface area (Å²) in [7, 11) is 1.80. The summed E-state index contributed by atoms with van der Waals surface area (Å²) in [5.74, 6) is 1.68. The van der Waals surface area contributed by atoms with Gasteiger partial charge in [-0.15, -0.1) is 0 Å². The van der Waals surface area contributed by atoms with E-state index >= 15 is 0 Å². The minimum atomic E-state index is -0.00145. The van der Waals surface area contributed by atoms with Crippen LogP contribution < -0.4 is 14.4 Å². The van der Waals surface area contributed by atoms with Gasteiger partial charge in [-0.1, -0.05) is 18.2 Å². The van der Waals surface area contributed by atoms with Crippen molar-refractivity contribution in [3.05, 3.63) is 53.1 Å². The van der Waals surface area contributed by atoms with Crippen LogP contribution in [0, 0.1) is 0 Å². The highest BCUT2D eigenvalue weighted by Gasteiger charge is 2.30. The highest BCUT2D eigenvalue weighted by molar-refractivity contribution is 6.35. The first-order valence-electron chi connectivity index (χ1n) is 8.64. The van der Waals surface area contributed by atoms with E-state index in [-0.39, 0.29) is 12.0 Å². The second-order valence-corrected chi connectivity index (χ2v) is 6.50. The second kappa shape index (κ2) is 5.96. The molecule has 1 amide bonds. The molecule has 1 unspecified atom stereocenters. The van der Waals surface area contributed by atoms with Gasteiger partial charge in [-0.3, -0.25) is 4.79 Å². The lowest BCUT2D eigenvalue weighted by Crippen LogP contribution is -2.20. The third kappa shape index (κ3) is 2.58. The first kappa shape index (κ1) is 15.8. The van der Waals surface area contributed by atoms with E-state index in [1.165, 1.54) is 0 Å². The van der Waals surface area contributed by atoms with E-state index in [0.717, 1.165) is 40.3 Å². The zero-order valence-electron chi connectivity index (χ0n) is 14.7. The Morgan fingerprint density at radius 2 is 2.12 bits per heavy atom. The molecular weight excluding hydrogens is 314 g/mol. The predicted molar refractivity (Wildman–Crippen MR) is 99.1 cm³/mol. The summed E-state index contributed by atoms with van der Waals surface area (Å²) in [4.78, 5) is 14.4. The Morgan fingerprint density at radius 3 is 2.92 bits per heavy atom. The molecule has 4 rings (SSSR count). The highest BCUT2D eigenvalue weighted by atomic mass is 16.5. The Kier molecular flexibility index (Phi) is 3.75. The van der Waals surface area contributed by atoms with Crippen molar-refractivity contribution in [2.24, 2.45) is 0 Å². The number of hydrogen-bond donors (Lipinski definition) is 0. The van der Waals surface area contributed by atoms with Gasteiger partial charge in [0, 0.05) is 35.7 Å². The number of hydrogen-bond acceptors (Lipinski definition) is 3. The molecule has 0 fully saturated rings. The Morgan fingerprint density at radius 1 is 1.32 bits per heavy atom. The molecule has 0 N–H and O–H groups in total. The molecule has 4 nitrogen and oxygen atoms in total. The fourth-order valence-corrected chi connectivity index (χ4v) is 3.54. The van der Waals surface area contributed by atoms with Gasteiger partial charge in [0.05, 0.1) is 12.3 Å². The third-order valence-corrected chi connectivity index (χ3v) is 4.72. The molecule has 25 heavy (non-hydrogen) atoms. The number of likely N-dealkylation sites (N-methyl/N-ethyl adjacent to an activating group) is 1. The zero-order chi connectivity index (χ0) is 17.6. The molecule has 0 spiro atoms. The Bertz CT molecular complexity index is 885. The van der Waals surface area contributed by atoms with Gasteiger partial charge in [-0.2, -0.15) is 0 Å². The maximum Gasteiger partial charge on any atom is 0.258 e. The average molecular weight is 335 g/mol. The first-order valence-corrected chi connectivity index (χ1v) is 8.64. The number of nitrogens with zero attached hydrogens (tertiary/aromatic N) is 1. The number of ether oxygens (including phenoxy) is 2. The standard InChI is InChI=1S/C21H21NO3/c1-4-24-19-11-14-9-13(2)25-20(14)12-15(19)10-17-16-7-5-6-8-18(16)22(3)21(17)23/h5-8,10-13H,4,9H2,1-3H3/b17-10-. The van der Waals surface area contributed by atoms with Gasteiger partial charge >= 0.3 is 0 Å². The number of benzene rings is 2. The molecular formula is C21H21NO3. The van der Waals surface area contributed by atoms with Gasteiger partial charge in [0.25, 0.3) is 5.91 Å². The van der Waals surface area contributed by atoms with E-state index < -0.39 is 0 Å². The summed E-state index contributed by atoms with van der Waals surface area (Å²) in [5.41, 5.74) is 4.61. The minimum Gasteiger partial charge on any atom is -0.493 e. The van der Waals surface area contributed by atoms with Crippen molar-refractivity contribution in [3.63, 3.8) is 0 Å². The van der Waals surface area contributed by atoms with E-state index in [0.29, 0.717) is 12.2 Å². The van der Waals surface area contributed by atoms with E-state index in [9.17, 15) is 4.79 Å². The van der Waals surface area contributed by atoms with Gasteiger partial charge in [0.1, 0.15) is 17.6 Å². The summed E-state index contributed by atoms with van der Waals surface area (Å²) >= 11 is 0.